The van der Waals surface area contributed by atoms with E-state index in [-0.39, 0.29) is 17.4 Å². The fraction of sp³-hybridized carbons (Fsp3) is 0.467. The van der Waals surface area contributed by atoms with Gasteiger partial charge >= 0.3 is 0 Å². The minimum absolute atomic E-state index is 0.0143. The second-order valence-corrected chi connectivity index (χ2v) is 5.32. The van der Waals surface area contributed by atoms with Crippen molar-refractivity contribution in [1.29, 1.82) is 0 Å². The summed E-state index contributed by atoms with van der Waals surface area (Å²) in [4.78, 5) is 23.5. The highest BCUT2D eigenvalue weighted by Gasteiger charge is 2.24. The number of rotatable bonds is 4. The first-order valence-electron chi connectivity index (χ1n) is 6.72. The lowest BCUT2D eigenvalue weighted by Crippen LogP contribution is -2.44. The number of carbonyl (C=O) groups excluding carboxylic acids is 2. The second-order valence-electron chi connectivity index (χ2n) is 5.32. The predicted molar refractivity (Wildman–Crippen MR) is 75.2 cm³/mol. The molecule has 0 bridgehead atoms. The lowest BCUT2D eigenvalue weighted by atomic mass is 9.95. The number of nitrogens with one attached hydrogen (secondary N) is 2. The van der Waals surface area contributed by atoms with Crippen LogP contribution in [-0.4, -0.2) is 17.4 Å². The first-order chi connectivity index (χ1) is 8.97. The van der Waals surface area contributed by atoms with Crippen molar-refractivity contribution >= 4 is 17.5 Å². The molecule has 0 fully saturated rings. The minimum Gasteiger partial charge on any atom is -0.347 e. The number of fused-ring (bicyclic) bond motifs is 1. The lowest BCUT2D eigenvalue weighted by Gasteiger charge is -2.28. The molecule has 0 saturated carbocycles. The summed E-state index contributed by atoms with van der Waals surface area (Å²) in [6.07, 6.45) is 2.17. The number of hydrogen-bond donors (Lipinski definition) is 2. The van der Waals surface area contributed by atoms with Crippen molar-refractivity contribution in [3.63, 3.8) is 0 Å². The quantitative estimate of drug-likeness (QED) is 0.873. The standard InChI is InChI=1S/C15H20N2O2/c1-4-15(3,5-2)17-14(19)11-7-6-10-9-13(18)16-12(10)8-11/h6-8H,4-5,9H2,1-3H3,(H,16,18)(H,17,19). The van der Waals surface area contributed by atoms with E-state index >= 15 is 0 Å². The Labute approximate surface area is 113 Å². The van der Waals surface area contributed by atoms with Crippen molar-refractivity contribution in [1.82, 2.24) is 5.32 Å². The van der Waals surface area contributed by atoms with Gasteiger partial charge in [-0.2, -0.15) is 0 Å². The maximum Gasteiger partial charge on any atom is 0.251 e. The van der Waals surface area contributed by atoms with E-state index in [2.05, 4.69) is 24.5 Å². The van der Waals surface area contributed by atoms with Gasteiger partial charge in [-0.25, -0.2) is 0 Å². The van der Waals surface area contributed by atoms with Crippen LogP contribution in [0.25, 0.3) is 0 Å². The summed E-state index contributed by atoms with van der Waals surface area (Å²) in [5, 5.41) is 5.82. The van der Waals surface area contributed by atoms with Crippen LogP contribution in [0.2, 0.25) is 0 Å². The molecule has 2 amide bonds. The van der Waals surface area contributed by atoms with Gasteiger partial charge in [0, 0.05) is 16.8 Å². The summed E-state index contributed by atoms with van der Waals surface area (Å²) in [5.74, 6) is -0.102. The van der Waals surface area contributed by atoms with E-state index < -0.39 is 0 Å². The molecule has 4 nitrogen and oxygen atoms in total. The van der Waals surface area contributed by atoms with Crippen molar-refractivity contribution in [2.45, 2.75) is 45.6 Å². The maximum absolute atomic E-state index is 12.2. The molecule has 1 aromatic rings. The molecule has 0 aliphatic carbocycles. The van der Waals surface area contributed by atoms with Crippen LogP contribution in [0, 0.1) is 0 Å². The van der Waals surface area contributed by atoms with Crippen LogP contribution in [0.4, 0.5) is 5.69 Å². The summed E-state index contributed by atoms with van der Waals surface area (Å²) in [7, 11) is 0. The van der Waals surface area contributed by atoms with E-state index in [0.717, 1.165) is 24.1 Å². The highest BCUT2D eigenvalue weighted by molar-refractivity contribution is 6.02. The molecular weight excluding hydrogens is 240 g/mol. The van der Waals surface area contributed by atoms with Gasteiger partial charge < -0.3 is 10.6 Å². The zero-order valence-electron chi connectivity index (χ0n) is 11.7. The Morgan fingerprint density at radius 2 is 2.05 bits per heavy atom. The van der Waals surface area contributed by atoms with E-state index in [0.29, 0.717) is 12.0 Å². The Hall–Kier alpha value is -1.84. The van der Waals surface area contributed by atoms with Crippen molar-refractivity contribution in [3.8, 4) is 0 Å². The number of anilines is 1. The largest absolute Gasteiger partial charge is 0.347 e. The Morgan fingerprint density at radius 1 is 1.37 bits per heavy atom. The zero-order chi connectivity index (χ0) is 14.0. The van der Waals surface area contributed by atoms with Gasteiger partial charge in [0.15, 0.2) is 0 Å². The molecule has 1 aliphatic rings. The smallest absolute Gasteiger partial charge is 0.251 e. The molecule has 102 valence electrons. The molecule has 0 aromatic heterocycles. The van der Waals surface area contributed by atoms with E-state index in [9.17, 15) is 9.59 Å². The zero-order valence-corrected chi connectivity index (χ0v) is 11.7. The molecule has 1 heterocycles. The normalized spacial score (nSPS) is 13.9. The lowest BCUT2D eigenvalue weighted by molar-refractivity contribution is -0.115. The Morgan fingerprint density at radius 3 is 2.68 bits per heavy atom. The third kappa shape index (κ3) is 2.78. The number of benzene rings is 1. The first kappa shape index (κ1) is 13.6. The average molecular weight is 260 g/mol. The molecule has 1 aromatic carbocycles. The third-order valence-corrected chi connectivity index (χ3v) is 3.97. The number of amides is 2. The maximum atomic E-state index is 12.2. The predicted octanol–water partition coefficient (Wildman–Crippen LogP) is 2.49. The molecule has 19 heavy (non-hydrogen) atoms. The van der Waals surface area contributed by atoms with Gasteiger partial charge in [-0.15, -0.1) is 0 Å². The molecule has 0 radical (unpaired) electrons. The summed E-state index contributed by atoms with van der Waals surface area (Å²) < 4.78 is 0. The van der Waals surface area contributed by atoms with Gasteiger partial charge in [0.05, 0.1) is 6.42 Å². The molecule has 1 aliphatic heterocycles. The number of hydrogen-bond acceptors (Lipinski definition) is 2. The van der Waals surface area contributed by atoms with Gasteiger partial charge in [0.1, 0.15) is 0 Å². The van der Waals surface area contributed by atoms with Crippen molar-refractivity contribution in [3.05, 3.63) is 29.3 Å². The monoisotopic (exact) mass is 260 g/mol. The summed E-state index contributed by atoms with van der Waals surface area (Å²) in [5.41, 5.74) is 2.12. The van der Waals surface area contributed by atoms with E-state index in [1.807, 2.05) is 13.0 Å². The molecule has 2 rings (SSSR count). The average Bonchev–Trinajstić information content (AvgIpc) is 2.77. The Kier molecular flexibility index (Phi) is 3.60. The summed E-state index contributed by atoms with van der Waals surface area (Å²) in [6.45, 7) is 6.17. The van der Waals surface area contributed by atoms with Gasteiger partial charge in [0.2, 0.25) is 5.91 Å². The van der Waals surface area contributed by atoms with Crippen LogP contribution in [0.15, 0.2) is 18.2 Å². The van der Waals surface area contributed by atoms with Crippen LogP contribution in [-0.2, 0) is 11.2 Å². The van der Waals surface area contributed by atoms with Gasteiger partial charge in [0.25, 0.3) is 5.91 Å². The molecule has 0 spiro atoms. The molecule has 0 atom stereocenters. The van der Waals surface area contributed by atoms with Crippen LogP contribution in [0.3, 0.4) is 0 Å². The number of carbonyl (C=O) groups is 2. The molecule has 2 N–H and O–H groups in total. The molecule has 0 unspecified atom stereocenters. The molecule has 0 saturated heterocycles. The second kappa shape index (κ2) is 5.03. The van der Waals surface area contributed by atoms with Gasteiger partial charge in [-0.3, -0.25) is 9.59 Å². The molecular formula is C15H20N2O2. The van der Waals surface area contributed by atoms with E-state index in [1.165, 1.54) is 0 Å². The SMILES string of the molecule is CCC(C)(CC)NC(=O)c1ccc2c(c1)NC(=O)C2. The van der Waals surface area contributed by atoms with Crippen LogP contribution in [0.1, 0.15) is 49.5 Å². The van der Waals surface area contributed by atoms with Crippen molar-refractivity contribution in [2.24, 2.45) is 0 Å². The van der Waals surface area contributed by atoms with E-state index in [1.54, 1.807) is 12.1 Å². The Balaban J connectivity index is 2.17. The van der Waals surface area contributed by atoms with E-state index in [4.69, 9.17) is 0 Å². The third-order valence-electron chi connectivity index (χ3n) is 3.97. The summed E-state index contributed by atoms with van der Waals surface area (Å²) in [6, 6.07) is 5.37. The molecule has 4 heteroatoms. The van der Waals surface area contributed by atoms with Crippen molar-refractivity contribution in [2.75, 3.05) is 5.32 Å². The minimum atomic E-state index is -0.181. The topological polar surface area (TPSA) is 58.2 Å². The summed E-state index contributed by atoms with van der Waals surface area (Å²) >= 11 is 0. The fourth-order valence-electron chi connectivity index (χ4n) is 2.13. The fourth-order valence-corrected chi connectivity index (χ4v) is 2.13. The Bertz CT molecular complexity index is 519. The highest BCUT2D eigenvalue weighted by Crippen LogP contribution is 2.24. The van der Waals surface area contributed by atoms with Crippen LogP contribution >= 0.6 is 0 Å². The van der Waals surface area contributed by atoms with Gasteiger partial charge in [-0.1, -0.05) is 19.9 Å². The van der Waals surface area contributed by atoms with Crippen LogP contribution < -0.4 is 10.6 Å². The van der Waals surface area contributed by atoms with Crippen molar-refractivity contribution < 1.29 is 9.59 Å². The highest BCUT2D eigenvalue weighted by atomic mass is 16.2. The first-order valence-corrected chi connectivity index (χ1v) is 6.72. The van der Waals surface area contributed by atoms with Gasteiger partial charge in [-0.05, 0) is 37.5 Å². The van der Waals surface area contributed by atoms with Crippen LogP contribution in [0.5, 0.6) is 0 Å².